The van der Waals surface area contributed by atoms with Crippen molar-refractivity contribution in [3.05, 3.63) is 118 Å². The molecule has 0 aliphatic heterocycles. The summed E-state index contributed by atoms with van der Waals surface area (Å²) >= 11 is 6.68. The van der Waals surface area contributed by atoms with Crippen molar-refractivity contribution >= 4 is 51.0 Å². The number of rotatable bonds is 7. The molecule has 4 aromatic carbocycles. The zero-order valence-corrected chi connectivity index (χ0v) is 25.0. The van der Waals surface area contributed by atoms with Crippen LogP contribution >= 0.6 is 39.5 Å². The fourth-order valence-corrected chi connectivity index (χ4v) is 6.63. The molecule has 0 heterocycles. The Morgan fingerprint density at radius 2 is 0.946 bits per heavy atom. The average Bonchev–Trinajstić information content (AvgIpc) is 2.84. The summed E-state index contributed by atoms with van der Waals surface area (Å²) in [5, 5.41) is 0.375. The standard InChI is InChI=1S/C16H15BrOS.C16H16OS/c1-11-8-14(19-13-6-4-3-5-7-13)9-12(2)16(11)15(18)10-17;1-11-9-15(10-12(2)16(11)13(3)17)18-14-7-5-4-6-8-14/h3-9H,10H2,1-2H3;4-10H,1-3H3. The number of carbonyl (C=O) groups is 2. The van der Waals surface area contributed by atoms with Gasteiger partial charge in [0.05, 0.1) is 5.33 Å². The summed E-state index contributed by atoms with van der Waals surface area (Å²) < 4.78 is 0. The molecule has 0 spiro atoms. The second-order valence-electron chi connectivity index (χ2n) is 8.81. The Kier molecular flexibility index (Phi) is 10.8. The third-order valence-electron chi connectivity index (χ3n) is 5.72. The summed E-state index contributed by atoms with van der Waals surface area (Å²) in [7, 11) is 0. The molecule has 0 radical (unpaired) electrons. The summed E-state index contributed by atoms with van der Waals surface area (Å²) in [6, 6.07) is 28.9. The number of ketones is 2. The lowest BCUT2D eigenvalue weighted by Gasteiger charge is -2.10. The van der Waals surface area contributed by atoms with Crippen LogP contribution in [0.25, 0.3) is 0 Å². The second-order valence-corrected chi connectivity index (χ2v) is 11.7. The number of hydrogen-bond acceptors (Lipinski definition) is 4. The van der Waals surface area contributed by atoms with E-state index >= 15 is 0 Å². The van der Waals surface area contributed by atoms with E-state index in [0.717, 1.165) is 33.4 Å². The quantitative estimate of drug-likeness (QED) is 0.158. The topological polar surface area (TPSA) is 34.1 Å². The minimum absolute atomic E-state index is 0.140. The zero-order valence-electron chi connectivity index (χ0n) is 21.8. The van der Waals surface area contributed by atoms with E-state index in [4.69, 9.17) is 0 Å². The summed E-state index contributed by atoms with van der Waals surface area (Å²) in [6.45, 7) is 9.62. The first kappa shape index (κ1) is 29.0. The second kappa shape index (κ2) is 13.8. The predicted molar refractivity (Wildman–Crippen MR) is 161 cm³/mol. The summed E-state index contributed by atoms with van der Waals surface area (Å²) in [4.78, 5) is 28.2. The van der Waals surface area contributed by atoms with E-state index in [0.29, 0.717) is 5.33 Å². The van der Waals surface area contributed by atoms with Crippen molar-refractivity contribution in [2.75, 3.05) is 5.33 Å². The average molecular weight is 592 g/mol. The molecular formula is C32H31BrO2S2. The van der Waals surface area contributed by atoms with Crippen LogP contribution in [0.1, 0.15) is 49.9 Å². The largest absolute Gasteiger partial charge is 0.294 e. The Hall–Kier alpha value is -2.60. The fraction of sp³-hybridized carbons (Fsp3) is 0.188. The third-order valence-corrected chi connectivity index (χ3v) is 8.19. The van der Waals surface area contributed by atoms with Crippen LogP contribution in [0.3, 0.4) is 0 Å². The maximum atomic E-state index is 11.9. The molecule has 0 bridgehead atoms. The molecule has 0 saturated carbocycles. The van der Waals surface area contributed by atoms with E-state index in [9.17, 15) is 9.59 Å². The smallest absolute Gasteiger partial charge is 0.173 e. The molecule has 0 atom stereocenters. The predicted octanol–water partition coefficient (Wildman–Crippen LogP) is 9.69. The van der Waals surface area contributed by atoms with Crippen LogP contribution in [-0.4, -0.2) is 16.9 Å². The van der Waals surface area contributed by atoms with E-state index in [1.54, 1.807) is 30.4 Å². The van der Waals surface area contributed by atoms with Gasteiger partial charge in [0.1, 0.15) is 0 Å². The van der Waals surface area contributed by atoms with Crippen molar-refractivity contribution in [3.8, 4) is 0 Å². The van der Waals surface area contributed by atoms with Gasteiger partial charge >= 0.3 is 0 Å². The first-order chi connectivity index (χ1) is 17.7. The van der Waals surface area contributed by atoms with Crippen molar-refractivity contribution < 1.29 is 9.59 Å². The molecule has 37 heavy (non-hydrogen) atoms. The molecule has 0 aromatic heterocycles. The molecule has 4 aromatic rings. The van der Waals surface area contributed by atoms with Gasteiger partial charge in [0.2, 0.25) is 0 Å². The summed E-state index contributed by atoms with van der Waals surface area (Å²) in [5.41, 5.74) is 5.90. The molecule has 0 fully saturated rings. The number of alkyl halides is 1. The van der Waals surface area contributed by atoms with E-state index in [-0.39, 0.29) is 11.6 Å². The first-order valence-corrected chi connectivity index (χ1v) is 14.7. The minimum atomic E-state index is 0.140. The Labute approximate surface area is 237 Å². The van der Waals surface area contributed by atoms with Crippen LogP contribution in [0, 0.1) is 27.7 Å². The molecule has 0 aliphatic rings. The Balaban J connectivity index is 0.000000206. The van der Waals surface area contributed by atoms with Crippen LogP contribution in [0.2, 0.25) is 0 Å². The molecular weight excluding hydrogens is 560 g/mol. The van der Waals surface area contributed by atoms with Crippen LogP contribution in [0.5, 0.6) is 0 Å². The van der Waals surface area contributed by atoms with Gasteiger partial charge in [-0.3, -0.25) is 9.59 Å². The van der Waals surface area contributed by atoms with Gasteiger partial charge in [0, 0.05) is 30.7 Å². The van der Waals surface area contributed by atoms with Gasteiger partial charge in [-0.15, -0.1) is 0 Å². The van der Waals surface area contributed by atoms with Crippen LogP contribution in [-0.2, 0) is 0 Å². The zero-order chi connectivity index (χ0) is 26.9. The highest BCUT2D eigenvalue weighted by molar-refractivity contribution is 9.09. The molecule has 0 N–H and O–H groups in total. The van der Waals surface area contributed by atoms with Gasteiger partial charge in [-0.05, 0) is 105 Å². The van der Waals surface area contributed by atoms with Gasteiger partial charge in [-0.25, -0.2) is 0 Å². The lowest BCUT2D eigenvalue weighted by Crippen LogP contribution is -2.05. The lowest BCUT2D eigenvalue weighted by molar-refractivity contribution is 0.101. The van der Waals surface area contributed by atoms with Crippen LogP contribution < -0.4 is 0 Å². The van der Waals surface area contributed by atoms with Crippen molar-refractivity contribution in [3.63, 3.8) is 0 Å². The van der Waals surface area contributed by atoms with Crippen LogP contribution in [0.15, 0.2) is 105 Å². The minimum Gasteiger partial charge on any atom is -0.294 e. The van der Waals surface area contributed by atoms with Crippen molar-refractivity contribution in [2.24, 2.45) is 0 Å². The number of halogens is 1. The Bertz CT molecular complexity index is 1340. The molecule has 4 rings (SSSR count). The number of hydrogen-bond donors (Lipinski definition) is 0. The SMILES string of the molecule is CC(=O)c1c(C)cc(Sc2ccccc2)cc1C.Cc1cc(Sc2ccccc2)cc(C)c1C(=O)CBr. The lowest BCUT2D eigenvalue weighted by atomic mass is 10.00. The van der Waals surface area contributed by atoms with Gasteiger partial charge in [-0.1, -0.05) is 75.9 Å². The maximum Gasteiger partial charge on any atom is 0.173 e. The molecule has 0 aliphatic carbocycles. The number of benzene rings is 4. The van der Waals surface area contributed by atoms with Gasteiger partial charge in [0.15, 0.2) is 11.6 Å². The Morgan fingerprint density at radius 3 is 1.27 bits per heavy atom. The number of aryl methyl sites for hydroxylation is 4. The highest BCUT2D eigenvalue weighted by Crippen LogP contribution is 2.32. The summed E-state index contributed by atoms with van der Waals surface area (Å²) in [5.74, 6) is 0.285. The van der Waals surface area contributed by atoms with Crippen molar-refractivity contribution in [2.45, 2.75) is 54.2 Å². The van der Waals surface area contributed by atoms with E-state index in [2.05, 4.69) is 64.5 Å². The number of Topliss-reactive ketones (excluding diaryl/α,β-unsaturated/α-hetero) is 2. The molecule has 5 heteroatoms. The van der Waals surface area contributed by atoms with Crippen molar-refractivity contribution in [1.82, 2.24) is 0 Å². The summed E-state index contributed by atoms with van der Waals surface area (Å²) in [6.07, 6.45) is 0. The monoisotopic (exact) mass is 590 g/mol. The fourth-order valence-electron chi connectivity index (χ4n) is 4.28. The normalized spacial score (nSPS) is 10.4. The highest BCUT2D eigenvalue weighted by atomic mass is 79.9. The third kappa shape index (κ3) is 8.19. The maximum absolute atomic E-state index is 11.9. The van der Waals surface area contributed by atoms with Gasteiger partial charge < -0.3 is 0 Å². The molecule has 0 amide bonds. The van der Waals surface area contributed by atoms with Crippen molar-refractivity contribution in [1.29, 1.82) is 0 Å². The first-order valence-electron chi connectivity index (χ1n) is 12.0. The van der Waals surface area contributed by atoms with Crippen LogP contribution in [0.4, 0.5) is 0 Å². The van der Waals surface area contributed by atoms with Gasteiger partial charge in [-0.2, -0.15) is 0 Å². The van der Waals surface area contributed by atoms with E-state index in [1.165, 1.54) is 19.6 Å². The van der Waals surface area contributed by atoms with E-state index in [1.807, 2.05) is 64.1 Å². The van der Waals surface area contributed by atoms with Gasteiger partial charge in [0.25, 0.3) is 0 Å². The van der Waals surface area contributed by atoms with E-state index < -0.39 is 0 Å². The Morgan fingerprint density at radius 1 is 0.595 bits per heavy atom. The molecule has 2 nitrogen and oxygen atoms in total. The number of carbonyl (C=O) groups excluding carboxylic acids is 2. The molecule has 0 unspecified atom stereocenters. The molecule has 190 valence electrons. The highest BCUT2D eigenvalue weighted by Gasteiger charge is 2.13. The molecule has 0 saturated heterocycles.